The van der Waals surface area contributed by atoms with Gasteiger partial charge in [0.15, 0.2) is 0 Å². The Morgan fingerprint density at radius 2 is 2.25 bits per heavy atom. The van der Waals surface area contributed by atoms with Crippen LogP contribution in [0.5, 0.6) is 0 Å². The molecule has 0 bridgehead atoms. The SMILES string of the molecule is CC(C)COCCOC(=O)c1cc(S)cs1. The van der Waals surface area contributed by atoms with E-state index in [1.807, 2.05) is 0 Å². The van der Waals surface area contributed by atoms with E-state index in [0.717, 1.165) is 4.90 Å². The van der Waals surface area contributed by atoms with Crippen molar-refractivity contribution in [1.82, 2.24) is 0 Å². The van der Waals surface area contributed by atoms with Crippen LogP contribution in [0.15, 0.2) is 16.3 Å². The fraction of sp³-hybridized carbons (Fsp3) is 0.545. The smallest absolute Gasteiger partial charge is 0.348 e. The Morgan fingerprint density at radius 3 is 2.81 bits per heavy atom. The van der Waals surface area contributed by atoms with Gasteiger partial charge in [-0.3, -0.25) is 0 Å². The molecule has 0 fully saturated rings. The standard InChI is InChI=1S/C11H16O3S2/c1-8(2)6-13-3-4-14-11(12)10-5-9(15)7-16-10/h5,7-8,15H,3-4,6H2,1-2H3. The molecule has 1 aromatic heterocycles. The highest BCUT2D eigenvalue weighted by atomic mass is 32.1. The highest BCUT2D eigenvalue weighted by molar-refractivity contribution is 7.80. The van der Waals surface area contributed by atoms with Crippen LogP contribution < -0.4 is 0 Å². The lowest BCUT2D eigenvalue weighted by Gasteiger charge is -2.06. The molecule has 0 radical (unpaired) electrons. The number of thiol groups is 1. The zero-order valence-electron chi connectivity index (χ0n) is 9.43. The molecule has 0 aliphatic heterocycles. The van der Waals surface area contributed by atoms with E-state index >= 15 is 0 Å². The van der Waals surface area contributed by atoms with Gasteiger partial charge >= 0.3 is 5.97 Å². The molecular weight excluding hydrogens is 244 g/mol. The first kappa shape index (κ1) is 13.5. The second kappa shape index (κ2) is 6.93. The minimum Gasteiger partial charge on any atom is -0.459 e. The van der Waals surface area contributed by atoms with Crippen molar-refractivity contribution in [2.45, 2.75) is 18.7 Å². The summed E-state index contributed by atoms with van der Waals surface area (Å²) in [5, 5.41) is 1.80. The summed E-state index contributed by atoms with van der Waals surface area (Å²) in [6, 6.07) is 1.70. The van der Waals surface area contributed by atoms with E-state index in [2.05, 4.69) is 26.5 Å². The zero-order chi connectivity index (χ0) is 12.0. The number of hydrogen-bond donors (Lipinski definition) is 1. The molecule has 3 nitrogen and oxygen atoms in total. The maximum absolute atomic E-state index is 11.5. The Labute approximate surface area is 105 Å². The van der Waals surface area contributed by atoms with E-state index in [1.54, 1.807) is 11.4 Å². The number of thiophene rings is 1. The molecule has 0 aliphatic rings. The first-order chi connectivity index (χ1) is 7.59. The highest BCUT2D eigenvalue weighted by Crippen LogP contribution is 2.18. The van der Waals surface area contributed by atoms with Gasteiger partial charge in [0.05, 0.1) is 6.61 Å². The average Bonchev–Trinajstić information content (AvgIpc) is 2.63. The summed E-state index contributed by atoms with van der Waals surface area (Å²) in [6.45, 7) is 5.59. The van der Waals surface area contributed by atoms with Crippen LogP contribution in [0, 0.1) is 5.92 Å². The van der Waals surface area contributed by atoms with Crippen LogP contribution in [-0.4, -0.2) is 25.8 Å². The number of hydrogen-bond acceptors (Lipinski definition) is 5. The molecule has 1 heterocycles. The lowest BCUT2D eigenvalue weighted by Crippen LogP contribution is -2.11. The summed E-state index contributed by atoms with van der Waals surface area (Å²) in [5.41, 5.74) is 0. The van der Waals surface area contributed by atoms with Crippen molar-refractivity contribution in [2.75, 3.05) is 19.8 Å². The Balaban J connectivity index is 2.16. The number of ether oxygens (including phenoxy) is 2. The van der Waals surface area contributed by atoms with Gasteiger partial charge in [0.2, 0.25) is 0 Å². The third kappa shape index (κ3) is 5.01. The summed E-state index contributed by atoms with van der Waals surface area (Å²) in [6.07, 6.45) is 0. The van der Waals surface area contributed by atoms with Crippen molar-refractivity contribution in [3.8, 4) is 0 Å². The van der Waals surface area contributed by atoms with Crippen molar-refractivity contribution in [2.24, 2.45) is 5.92 Å². The third-order valence-corrected chi connectivity index (χ3v) is 3.04. The third-order valence-electron chi connectivity index (χ3n) is 1.70. The fourth-order valence-electron chi connectivity index (χ4n) is 1.02. The summed E-state index contributed by atoms with van der Waals surface area (Å²) in [5.74, 6) is 0.193. The molecule has 1 rings (SSSR count). The number of rotatable bonds is 6. The Hall–Kier alpha value is -0.520. The van der Waals surface area contributed by atoms with Crippen molar-refractivity contribution in [3.63, 3.8) is 0 Å². The van der Waals surface area contributed by atoms with Gasteiger partial charge in [-0.1, -0.05) is 13.8 Å². The van der Waals surface area contributed by atoms with E-state index < -0.39 is 0 Å². The summed E-state index contributed by atoms with van der Waals surface area (Å²) < 4.78 is 10.3. The van der Waals surface area contributed by atoms with Crippen molar-refractivity contribution in [3.05, 3.63) is 16.3 Å². The molecule has 0 amide bonds. The first-order valence-electron chi connectivity index (χ1n) is 5.12. The zero-order valence-corrected chi connectivity index (χ0v) is 11.1. The monoisotopic (exact) mass is 260 g/mol. The molecule has 0 N–H and O–H groups in total. The predicted octanol–water partition coefficient (Wildman–Crippen LogP) is 2.87. The lowest BCUT2D eigenvalue weighted by molar-refractivity contribution is 0.0282. The molecule has 0 aromatic carbocycles. The second-order valence-corrected chi connectivity index (χ2v) is 5.20. The molecule has 0 unspecified atom stereocenters. The number of carbonyl (C=O) groups excluding carboxylic acids is 1. The Bertz CT molecular complexity index is 334. The predicted molar refractivity (Wildman–Crippen MR) is 67.5 cm³/mol. The van der Waals surface area contributed by atoms with E-state index in [9.17, 15) is 4.79 Å². The van der Waals surface area contributed by atoms with E-state index in [-0.39, 0.29) is 5.97 Å². The van der Waals surface area contributed by atoms with Crippen LogP contribution in [0.1, 0.15) is 23.5 Å². The van der Waals surface area contributed by atoms with E-state index in [0.29, 0.717) is 30.6 Å². The minimum absolute atomic E-state index is 0.297. The van der Waals surface area contributed by atoms with Gasteiger partial charge in [-0.25, -0.2) is 4.79 Å². The van der Waals surface area contributed by atoms with Crippen LogP contribution in [0.2, 0.25) is 0 Å². The molecule has 0 atom stereocenters. The van der Waals surface area contributed by atoms with Crippen molar-refractivity contribution in [1.29, 1.82) is 0 Å². The molecule has 0 saturated heterocycles. The lowest BCUT2D eigenvalue weighted by atomic mass is 10.2. The molecular formula is C11H16O3S2. The fourth-order valence-corrected chi connectivity index (χ4v) is 2.06. The topological polar surface area (TPSA) is 35.5 Å². The van der Waals surface area contributed by atoms with E-state index in [1.165, 1.54) is 11.3 Å². The molecule has 90 valence electrons. The molecule has 16 heavy (non-hydrogen) atoms. The largest absolute Gasteiger partial charge is 0.459 e. The van der Waals surface area contributed by atoms with Gasteiger partial charge in [-0.2, -0.15) is 0 Å². The van der Waals surface area contributed by atoms with Gasteiger partial charge in [0, 0.05) is 16.9 Å². The van der Waals surface area contributed by atoms with Crippen LogP contribution in [0.25, 0.3) is 0 Å². The van der Waals surface area contributed by atoms with Gasteiger partial charge < -0.3 is 9.47 Å². The van der Waals surface area contributed by atoms with E-state index in [4.69, 9.17) is 9.47 Å². The van der Waals surface area contributed by atoms with Gasteiger partial charge in [-0.05, 0) is 12.0 Å². The van der Waals surface area contributed by atoms with Gasteiger partial charge in [0.25, 0.3) is 0 Å². The average molecular weight is 260 g/mol. The number of carbonyl (C=O) groups is 1. The van der Waals surface area contributed by atoms with Crippen molar-refractivity contribution < 1.29 is 14.3 Å². The van der Waals surface area contributed by atoms with Crippen LogP contribution in [0.4, 0.5) is 0 Å². The Kier molecular flexibility index (Phi) is 5.87. The van der Waals surface area contributed by atoms with Crippen LogP contribution in [0.3, 0.4) is 0 Å². The van der Waals surface area contributed by atoms with Crippen LogP contribution >= 0.6 is 24.0 Å². The summed E-state index contributed by atoms with van der Waals surface area (Å²) in [7, 11) is 0. The molecule has 5 heteroatoms. The minimum atomic E-state index is -0.307. The molecule has 0 spiro atoms. The number of esters is 1. The summed E-state index contributed by atoms with van der Waals surface area (Å²) in [4.78, 5) is 12.8. The molecule has 0 saturated carbocycles. The summed E-state index contributed by atoms with van der Waals surface area (Å²) >= 11 is 5.46. The maximum atomic E-state index is 11.5. The molecule has 0 aliphatic carbocycles. The van der Waals surface area contributed by atoms with Gasteiger partial charge in [0.1, 0.15) is 11.5 Å². The van der Waals surface area contributed by atoms with Crippen molar-refractivity contribution >= 4 is 29.9 Å². The molecule has 1 aromatic rings. The highest BCUT2D eigenvalue weighted by Gasteiger charge is 2.09. The van der Waals surface area contributed by atoms with Gasteiger partial charge in [-0.15, -0.1) is 24.0 Å². The first-order valence-corrected chi connectivity index (χ1v) is 6.44. The Morgan fingerprint density at radius 1 is 1.50 bits per heavy atom. The normalized spacial score (nSPS) is 10.8. The van der Waals surface area contributed by atoms with Crippen LogP contribution in [-0.2, 0) is 9.47 Å². The quantitative estimate of drug-likeness (QED) is 0.485. The second-order valence-electron chi connectivity index (χ2n) is 3.77. The maximum Gasteiger partial charge on any atom is 0.348 e.